The molecule has 0 aliphatic heterocycles. The molecule has 1 aromatic carbocycles. The Morgan fingerprint density at radius 2 is 1.59 bits per heavy atom. The molecule has 29 heavy (non-hydrogen) atoms. The van der Waals surface area contributed by atoms with E-state index in [4.69, 9.17) is 11.6 Å². The first-order chi connectivity index (χ1) is 13.6. The third-order valence-corrected chi connectivity index (χ3v) is 10.5. The van der Waals surface area contributed by atoms with Gasteiger partial charge in [-0.05, 0) is 98.7 Å². The van der Waals surface area contributed by atoms with Crippen LogP contribution in [0, 0.1) is 28.6 Å². The van der Waals surface area contributed by atoms with Crippen molar-refractivity contribution in [2.45, 2.75) is 88.9 Å². The molecule has 3 unspecified atom stereocenters. The topological polar surface area (TPSA) is 60.7 Å². The molecule has 0 radical (unpaired) electrons. The van der Waals surface area contributed by atoms with Crippen LogP contribution in [0.4, 0.5) is 0 Å². The van der Waals surface area contributed by atoms with Crippen molar-refractivity contribution in [1.29, 1.82) is 0 Å². The number of aliphatic hydroxyl groups excluding tert-OH is 1. The Hall–Kier alpha value is -0.610. The molecule has 160 valence electrons. The zero-order chi connectivity index (χ0) is 20.7. The first-order valence-electron chi connectivity index (χ1n) is 11.5. The zero-order valence-corrected chi connectivity index (χ0v) is 18.5. The first-order valence-corrected chi connectivity index (χ1v) is 11.9. The van der Waals surface area contributed by atoms with E-state index in [1.807, 2.05) is 24.3 Å². The number of fused-ring (bicyclic) bond motifs is 5. The van der Waals surface area contributed by atoms with Crippen LogP contribution < -0.4 is 0 Å². The lowest BCUT2D eigenvalue weighted by atomic mass is 9.43. The number of aliphatic hydroxyl groups is 3. The lowest BCUT2D eigenvalue weighted by Crippen LogP contribution is -2.64. The Bertz CT molecular complexity index is 796. The summed E-state index contributed by atoms with van der Waals surface area (Å²) in [6.07, 6.45) is 7.99. The van der Waals surface area contributed by atoms with Gasteiger partial charge in [0, 0.05) is 10.4 Å². The minimum atomic E-state index is -1.02. The van der Waals surface area contributed by atoms with Crippen molar-refractivity contribution < 1.29 is 15.3 Å². The van der Waals surface area contributed by atoms with Crippen molar-refractivity contribution in [1.82, 2.24) is 0 Å². The van der Waals surface area contributed by atoms with Gasteiger partial charge in [0.15, 0.2) is 0 Å². The summed E-state index contributed by atoms with van der Waals surface area (Å²) in [5, 5.41) is 35.1. The van der Waals surface area contributed by atoms with E-state index in [1.54, 1.807) is 0 Å². The molecule has 4 aliphatic carbocycles. The molecule has 3 N–H and O–H groups in total. The highest BCUT2D eigenvalue weighted by Gasteiger charge is 2.71. The highest BCUT2D eigenvalue weighted by molar-refractivity contribution is 6.30. The second kappa shape index (κ2) is 6.45. The largest absolute Gasteiger partial charge is 0.393 e. The maximum absolute atomic E-state index is 12.2. The molecule has 4 fully saturated rings. The minimum absolute atomic E-state index is 0.150. The maximum atomic E-state index is 12.2. The standard InChI is InChI=1S/C25H35ClO3/c1-22-11-9-19(27)15-17(22)5-8-21-20(22)10-12-23(2)24(28,13-14-25(21,23)29)16-3-6-18(26)7-4-16/h3-4,6-7,17,19-21,27-29H,5,8-15H2,1-2H3/t17?,19?,20-,21-,22+,23-,24?,25-/m1/s1. The molecule has 0 spiro atoms. The summed E-state index contributed by atoms with van der Waals surface area (Å²) in [5.74, 6) is 1.29. The van der Waals surface area contributed by atoms with Crippen LogP contribution in [0.1, 0.15) is 77.2 Å². The summed E-state index contributed by atoms with van der Waals surface area (Å²) in [4.78, 5) is 0. The van der Waals surface area contributed by atoms with Crippen LogP contribution in [0.15, 0.2) is 24.3 Å². The number of halogens is 1. The first kappa shape index (κ1) is 20.3. The van der Waals surface area contributed by atoms with Gasteiger partial charge in [0.1, 0.15) is 0 Å². The predicted molar refractivity (Wildman–Crippen MR) is 115 cm³/mol. The molecule has 0 amide bonds. The van der Waals surface area contributed by atoms with Crippen LogP contribution in [0.2, 0.25) is 5.02 Å². The third-order valence-electron chi connectivity index (χ3n) is 10.3. The second-order valence-corrected chi connectivity index (χ2v) is 11.5. The van der Waals surface area contributed by atoms with Gasteiger partial charge in [0.25, 0.3) is 0 Å². The van der Waals surface area contributed by atoms with Gasteiger partial charge >= 0.3 is 0 Å². The van der Waals surface area contributed by atoms with Gasteiger partial charge in [-0.2, -0.15) is 0 Å². The molecule has 3 nitrogen and oxygen atoms in total. The second-order valence-electron chi connectivity index (χ2n) is 11.1. The van der Waals surface area contributed by atoms with Crippen LogP contribution in [-0.2, 0) is 5.60 Å². The molecule has 0 heterocycles. The van der Waals surface area contributed by atoms with E-state index in [0.29, 0.717) is 29.7 Å². The molecule has 5 rings (SSSR count). The van der Waals surface area contributed by atoms with E-state index in [1.165, 1.54) is 0 Å². The van der Waals surface area contributed by atoms with Crippen molar-refractivity contribution in [3.05, 3.63) is 34.9 Å². The summed E-state index contributed by atoms with van der Waals surface area (Å²) in [7, 11) is 0. The molecule has 4 heteroatoms. The summed E-state index contributed by atoms with van der Waals surface area (Å²) < 4.78 is 0. The normalized spacial score (nSPS) is 51.8. The van der Waals surface area contributed by atoms with E-state index in [0.717, 1.165) is 50.5 Å². The van der Waals surface area contributed by atoms with Gasteiger partial charge in [0.2, 0.25) is 0 Å². The summed E-state index contributed by atoms with van der Waals surface area (Å²) in [6, 6.07) is 7.57. The maximum Gasteiger partial charge on any atom is 0.0978 e. The number of hydrogen-bond donors (Lipinski definition) is 3. The van der Waals surface area contributed by atoms with Gasteiger partial charge in [-0.3, -0.25) is 0 Å². The van der Waals surface area contributed by atoms with Crippen LogP contribution in [-0.4, -0.2) is 27.0 Å². The monoisotopic (exact) mass is 418 g/mol. The Morgan fingerprint density at radius 3 is 2.31 bits per heavy atom. The number of benzene rings is 1. The highest BCUT2D eigenvalue weighted by atomic mass is 35.5. The average molecular weight is 419 g/mol. The van der Waals surface area contributed by atoms with Crippen LogP contribution in [0.3, 0.4) is 0 Å². The van der Waals surface area contributed by atoms with E-state index < -0.39 is 16.6 Å². The SMILES string of the molecule is C[C@]12CCC(O)CC1CC[C@@H]1[C@H]2CC[C@]2(C)C(O)(c3ccc(Cl)cc3)CC[C@@]12O. The van der Waals surface area contributed by atoms with Crippen molar-refractivity contribution in [2.75, 3.05) is 0 Å². The van der Waals surface area contributed by atoms with Crippen LogP contribution >= 0.6 is 11.6 Å². The van der Waals surface area contributed by atoms with E-state index in [-0.39, 0.29) is 17.4 Å². The highest BCUT2D eigenvalue weighted by Crippen LogP contribution is 2.71. The van der Waals surface area contributed by atoms with E-state index >= 15 is 0 Å². The Labute approximate surface area is 179 Å². The smallest absolute Gasteiger partial charge is 0.0978 e. The van der Waals surface area contributed by atoms with Crippen molar-refractivity contribution in [3.63, 3.8) is 0 Å². The fourth-order valence-corrected chi connectivity index (χ4v) is 8.53. The molecular formula is C25H35ClO3. The molecule has 0 aromatic heterocycles. The molecule has 4 aliphatic rings. The fraction of sp³-hybridized carbons (Fsp3) is 0.760. The van der Waals surface area contributed by atoms with Gasteiger partial charge in [-0.1, -0.05) is 37.6 Å². The van der Waals surface area contributed by atoms with Crippen molar-refractivity contribution in [2.24, 2.45) is 28.6 Å². The number of hydrogen-bond acceptors (Lipinski definition) is 3. The zero-order valence-electron chi connectivity index (χ0n) is 17.7. The molecule has 1 aromatic rings. The van der Waals surface area contributed by atoms with Gasteiger partial charge < -0.3 is 15.3 Å². The van der Waals surface area contributed by atoms with Gasteiger partial charge in [-0.15, -0.1) is 0 Å². The van der Waals surface area contributed by atoms with Gasteiger partial charge in [0.05, 0.1) is 17.3 Å². The molecule has 0 saturated heterocycles. The Morgan fingerprint density at radius 1 is 0.862 bits per heavy atom. The third kappa shape index (κ3) is 2.54. The van der Waals surface area contributed by atoms with Crippen molar-refractivity contribution >= 4 is 11.6 Å². The van der Waals surface area contributed by atoms with E-state index in [9.17, 15) is 15.3 Å². The van der Waals surface area contributed by atoms with Crippen LogP contribution in [0.5, 0.6) is 0 Å². The van der Waals surface area contributed by atoms with Crippen LogP contribution in [0.25, 0.3) is 0 Å². The Kier molecular flexibility index (Phi) is 4.51. The lowest BCUT2D eigenvalue weighted by molar-refractivity contribution is -0.238. The number of rotatable bonds is 1. The molecule has 8 atom stereocenters. The van der Waals surface area contributed by atoms with Crippen molar-refractivity contribution in [3.8, 4) is 0 Å². The lowest BCUT2D eigenvalue weighted by Gasteiger charge is -2.64. The average Bonchev–Trinajstić information content (AvgIpc) is 2.91. The summed E-state index contributed by atoms with van der Waals surface area (Å²) in [5.41, 5.74) is -1.31. The molecule has 4 saturated carbocycles. The van der Waals surface area contributed by atoms with E-state index in [2.05, 4.69) is 13.8 Å². The quantitative estimate of drug-likeness (QED) is 0.598. The molecular weight excluding hydrogens is 384 g/mol. The fourth-order valence-electron chi connectivity index (χ4n) is 8.41. The predicted octanol–water partition coefficient (Wildman–Crippen LogP) is 5.05. The van der Waals surface area contributed by atoms with Gasteiger partial charge in [-0.25, -0.2) is 0 Å². The summed E-state index contributed by atoms with van der Waals surface area (Å²) >= 11 is 6.10. The Balaban J connectivity index is 1.52. The summed E-state index contributed by atoms with van der Waals surface area (Å²) in [6.45, 7) is 4.55. The minimum Gasteiger partial charge on any atom is -0.393 e. The molecule has 0 bridgehead atoms.